The average Bonchev–Trinajstić information content (AvgIpc) is 2.51. The normalized spacial score (nSPS) is 17.8. The van der Waals surface area contributed by atoms with E-state index >= 15 is 0 Å². The molecule has 0 aromatic heterocycles. The summed E-state index contributed by atoms with van der Waals surface area (Å²) in [6, 6.07) is 7.19. The Morgan fingerprint density at radius 2 is 2.05 bits per heavy atom. The van der Waals surface area contributed by atoms with Gasteiger partial charge in [0.2, 0.25) is 0 Å². The minimum Gasteiger partial charge on any atom is -0.381 e. The van der Waals surface area contributed by atoms with Crippen LogP contribution in [0.15, 0.2) is 24.3 Å². The predicted molar refractivity (Wildman–Crippen MR) is 84.9 cm³/mol. The Balaban J connectivity index is 1.92. The fourth-order valence-electron chi connectivity index (χ4n) is 3.15. The van der Waals surface area contributed by atoms with Gasteiger partial charge in [0, 0.05) is 13.2 Å². The van der Waals surface area contributed by atoms with Crippen LogP contribution in [0.1, 0.15) is 38.2 Å². The number of hydrogen-bond acceptors (Lipinski definition) is 2. The van der Waals surface area contributed by atoms with Crippen LogP contribution in [0, 0.1) is 17.7 Å². The van der Waals surface area contributed by atoms with Crippen LogP contribution in [0.4, 0.5) is 4.39 Å². The zero-order chi connectivity index (χ0) is 14.9. The summed E-state index contributed by atoms with van der Waals surface area (Å²) in [5.74, 6) is 1.18. The van der Waals surface area contributed by atoms with Crippen molar-refractivity contribution in [3.63, 3.8) is 0 Å². The summed E-state index contributed by atoms with van der Waals surface area (Å²) < 4.78 is 19.3. The first-order valence-corrected chi connectivity index (χ1v) is 8.31. The lowest BCUT2D eigenvalue weighted by Gasteiger charge is -2.27. The van der Waals surface area contributed by atoms with Gasteiger partial charge in [-0.25, -0.2) is 4.39 Å². The topological polar surface area (TPSA) is 21.3 Å². The van der Waals surface area contributed by atoms with Crippen LogP contribution < -0.4 is 5.32 Å². The molecule has 0 saturated carbocycles. The largest absolute Gasteiger partial charge is 0.381 e. The lowest BCUT2D eigenvalue weighted by atomic mass is 9.85. The molecule has 1 heterocycles. The second kappa shape index (κ2) is 9.16. The highest BCUT2D eigenvalue weighted by Gasteiger charge is 2.20. The molecule has 1 aromatic carbocycles. The minimum absolute atomic E-state index is 0.0648. The number of rotatable bonds is 8. The third-order valence-electron chi connectivity index (χ3n) is 4.33. The molecule has 1 unspecified atom stereocenters. The molecule has 2 nitrogen and oxygen atoms in total. The Morgan fingerprint density at radius 3 is 2.76 bits per heavy atom. The lowest BCUT2D eigenvalue weighted by molar-refractivity contribution is 0.0584. The van der Waals surface area contributed by atoms with Gasteiger partial charge in [0.15, 0.2) is 0 Å². The lowest BCUT2D eigenvalue weighted by Crippen LogP contribution is -2.28. The molecular formula is C18H28FNO. The average molecular weight is 293 g/mol. The summed E-state index contributed by atoms with van der Waals surface area (Å²) >= 11 is 0. The quantitative estimate of drug-likeness (QED) is 0.736. The SMILES string of the molecule is CCCNCC(Cc1ccccc1F)CC1CCOCC1. The zero-order valence-corrected chi connectivity index (χ0v) is 13.1. The highest BCUT2D eigenvalue weighted by atomic mass is 19.1. The molecule has 0 aliphatic carbocycles. The molecule has 1 N–H and O–H groups in total. The van der Waals surface area contributed by atoms with Crippen LogP contribution in [0.25, 0.3) is 0 Å². The van der Waals surface area contributed by atoms with Crippen LogP contribution in [0.3, 0.4) is 0 Å². The van der Waals surface area contributed by atoms with E-state index in [4.69, 9.17) is 4.74 Å². The molecule has 2 rings (SSSR count). The molecule has 1 saturated heterocycles. The molecule has 0 bridgehead atoms. The highest BCUT2D eigenvalue weighted by molar-refractivity contribution is 5.17. The molecule has 0 radical (unpaired) electrons. The first-order chi connectivity index (χ1) is 10.3. The summed E-state index contributed by atoms with van der Waals surface area (Å²) in [5, 5.41) is 3.51. The fraction of sp³-hybridized carbons (Fsp3) is 0.667. The zero-order valence-electron chi connectivity index (χ0n) is 13.1. The molecule has 0 amide bonds. The van der Waals surface area contributed by atoms with E-state index in [9.17, 15) is 4.39 Å². The van der Waals surface area contributed by atoms with Crippen LogP contribution in [-0.2, 0) is 11.2 Å². The second-order valence-corrected chi connectivity index (χ2v) is 6.16. The number of hydrogen-bond donors (Lipinski definition) is 1. The van der Waals surface area contributed by atoms with E-state index in [1.54, 1.807) is 12.1 Å². The van der Waals surface area contributed by atoms with Crippen molar-refractivity contribution in [2.24, 2.45) is 11.8 Å². The summed E-state index contributed by atoms with van der Waals surface area (Å²) in [6.45, 7) is 5.98. The van der Waals surface area contributed by atoms with E-state index in [0.29, 0.717) is 5.92 Å². The standard InChI is InChI=1S/C18H28FNO/c1-2-9-20-14-16(12-15-7-10-21-11-8-15)13-17-5-3-4-6-18(17)19/h3-6,15-16,20H,2,7-14H2,1H3. The summed E-state index contributed by atoms with van der Waals surface area (Å²) in [4.78, 5) is 0. The third-order valence-corrected chi connectivity index (χ3v) is 4.33. The summed E-state index contributed by atoms with van der Waals surface area (Å²) in [7, 11) is 0. The van der Waals surface area contributed by atoms with Gasteiger partial charge in [0.25, 0.3) is 0 Å². The van der Waals surface area contributed by atoms with Crippen molar-refractivity contribution < 1.29 is 9.13 Å². The van der Waals surface area contributed by atoms with E-state index in [1.165, 1.54) is 6.42 Å². The van der Waals surface area contributed by atoms with Crippen LogP contribution >= 0.6 is 0 Å². The third kappa shape index (κ3) is 5.76. The van der Waals surface area contributed by atoms with Gasteiger partial charge in [-0.1, -0.05) is 25.1 Å². The Labute approximate surface area is 128 Å². The molecule has 1 fully saturated rings. The van der Waals surface area contributed by atoms with Gasteiger partial charge in [-0.05, 0) is 68.7 Å². The fourth-order valence-corrected chi connectivity index (χ4v) is 3.15. The van der Waals surface area contributed by atoms with Crippen LogP contribution in [0.2, 0.25) is 0 Å². The monoisotopic (exact) mass is 293 g/mol. The summed E-state index contributed by atoms with van der Waals surface area (Å²) in [5.41, 5.74) is 0.854. The smallest absolute Gasteiger partial charge is 0.126 e. The molecule has 1 aliphatic heterocycles. The van der Waals surface area contributed by atoms with E-state index in [-0.39, 0.29) is 5.82 Å². The van der Waals surface area contributed by atoms with Crippen molar-refractivity contribution in [3.8, 4) is 0 Å². The van der Waals surface area contributed by atoms with Crippen molar-refractivity contribution in [1.29, 1.82) is 0 Å². The number of halogens is 1. The molecule has 3 heteroatoms. The van der Waals surface area contributed by atoms with E-state index in [2.05, 4.69) is 12.2 Å². The number of ether oxygens (including phenoxy) is 1. The Morgan fingerprint density at radius 1 is 1.29 bits per heavy atom. The molecule has 1 aromatic rings. The summed E-state index contributed by atoms with van der Waals surface area (Å²) in [6.07, 6.45) is 5.46. The van der Waals surface area contributed by atoms with Crippen LogP contribution in [-0.4, -0.2) is 26.3 Å². The van der Waals surface area contributed by atoms with Gasteiger partial charge < -0.3 is 10.1 Å². The van der Waals surface area contributed by atoms with E-state index in [1.807, 2.05) is 12.1 Å². The maximum absolute atomic E-state index is 13.9. The maximum Gasteiger partial charge on any atom is 0.126 e. The highest BCUT2D eigenvalue weighted by Crippen LogP contribution is 2.25. The molecule has 1 aliphatic rings. The van der Waals surface area contributed by atoms with Crippen LogP contribution in [0.5, 0.6) is 0 Å². The van der Waals surface area contributed by atoms with Gasteiger partial charge in [-0.3, -0.25) is 0 Å². The first kappa shape index (κ1) is 16.4. The second-order valence-electron chi connectivity index (χ2n) is 6.16. The molecule has 0 spiro atoms. The Kier molecular flexibility index (Phi) is 7.17. The van der Waals surface area contributed by atoms with Crippen molar-refractivity contribution in [2.45, 2.75) is 39.0 Å². The van der Waals surface area contributed by atoms with Crippen molar-refractivity contribution in [2.75, 3.05) is 26.3 Å². The van der Waals surface area contributed by atoms with E-state index in [0.717, 1.165) is 63.5 Å². The van der Waals surface area contributed by atoms with Gasteiger partial charge in [-0.15, -0.1) is 0 Å². The number of nitrogens with one attached hydrogen (secondary N) is 1. The molecule has 21 heavy (non-hydrogen) atoms. The van der Waals surface area contributed by atoms with Gasteiger partial charge >= 0.3 is 0 Å². The Bertz CT molecular complexity index is 404. The molecule has 1 atom stereocenters. The molecular weight excluding hydrogens is 265 g/mol. The van der Waals surface area contributed by atoms with Gasteiger partial charge in [0.05, 0.1) is 0 Å². The van der Waals surface area contributed by atoms with Gasteiger partial charge in [0.1, 0.15) is 5.82 Å². The van der Waals surface area contributed by atoms with E-state index < -0.39 is 0 Å². The molecule has 118 valence electrons. The minimum atomic E-state index is -0.0648. The van der Waals surface area contributed by atoms with Gasteiger partial charge in [-0.2, -0.15) is 0 Å². The predicted octanol–water partition coefficient (Wildman–Crippen LogP) is 3.80. The van der Waals surface area contributed by atoms with Crippen molar-refractivity contribution >= 4 is 0 Å². The van der Waals surface area contributed by atoms with Crippen molar-refractivity contribution in [3.05, 3.63) is 35.6 Å². The first-order valence-electron chi connectivity index (χ1n) is 8.31. The maximum atomic E-state index is 13.9. The van der Waals surface area contributed by atoms with Crippen molar-refractivity contribution in [1.82, 2.24) is 5.32 Å². The number of benzene rings is 1. The Hall–Kier alpha value is -0.930.